The highest BCUT2D eigenvalue weighted by atomic mass is 16.4. The number of hydrogen-bond acceptors (Lipinski definition) is 2. The minimum absolute atomic E-state index is 0.449. The van der Waals surface area contributed by atoms with Gasteiger partial charge in [0.1, 0.15) is 0 Å². The van der Waals surface area contributed by atoms with E-state index in [1.54, 1.807) is 31.2 Å². The van der Waals surface area contributed by atoms with Crippen LogP contribution in [-0.2, 0) is 4.79 Å². The Balaban J connectivity index is 3.02. The molecule has 3 nitrogen and oxygen atoms in total. The topological polar surface area (TPSA) is 57.5 Å². The molecule has 0 unspecified atom stereocenters. The standard InChI is InChI=1S/C9H10O3/c1-6-4-2-3-5-7(6)8(10)9(11)12/h2-5,8,10H,1H3,(H,11,12)/t8-/m0/s1. The number of rotatable bonds is 2. The first-order chi connectivity index (χ1) is 5.63. The molecule has 0 saturated carbocycles. The van der Waals surface area contributed by atoms with E-state index in [1.807, 2.05) is 0 Å². The molecule has 0 fully saturated rings. The van der Waals surface area contributed by atoms with Crippen molar-refractivity contribution in [3.8, 4) is 0 Å². The quantitative estimate of drug-likeness (QED) is 0.692. The van der Waals surface area contributed by atoms with Crippen LogP contribution in [0.4, 0.5) is 0 Å². The first-order valence-corrected chi connectivity index (χ1v) is 3.59. The van der Waals surface area contributed by atoms with Crippen molar-refractivity contribution >= 4 is 5.97 Å². The molecular formula is C9H10O3. The van der Waals surface area contributed by atoms with E-state index < -0.39 is 12.1 Å². The SMILES string of the molecule is Cc1ccccc1[C@H](O)C(=O)O. The maximum absolute atomic E-state index is 10.4. The fourth-order valence-corrected chi connectivity index (χ4v) is 1.03. The highest BCUT2D eigenvalue weighted by Gasteiger charge is 2.16. The minimum atomic E-state index is -1.41. The van der Waals surface area contributed by atoms with E-state index in [-0.39, 0.29) is 0 Å². The Morgan fingerprint density at radius 1 is 1.42 bits per heavy atom. The lowest BCUT2D eigenvalue weighted by Crippen LogP contribution is -2.11. The van der Waals surface area contributed by atoms with Crippen LogP contribution in [0.15, 0.2) is 24.3 Å². The molecule has 3 heteroatoms. The normalized spacial score (nSPS) is 12.5. The molecule has 1 rings (SSSR count). The average molecular weight is 166 g/mol. The lowest BCUT2D eigenvalue weighted by atomic mass is 10.0. The zero-order chi connectivity index (χ0) is 9.14. The van der Waals surface area contributed by atoms with Gasteiger partial charge >= 0.3 is 5.97 Å². The van der Waals surface area contributed by atoms with Gasteiger partial charge in [-0.25, -0.2) is 4.79 Å². The van der Waals surface area contributed by atoms with Crippen LogP contribution in [-0.4, -0.2) is 16.2 Å². The summed E-state index contributed by atoms with van der Waals surface area (Å²) in [4.78, 5) is 10.4. The summed E-state index contributed by atoms with van der Waals surface area (Å²) in [5, 5.41) is 17.7. The monoisotopic (exact) mass is 166 g/mol. The highest BCUT2D eigenvalue weighted by molar-refractivity contribution is 5.74. The predicted molar refractivity (Wildman–Crippen MR) is 43.8 cm³/mol. The van der Waals surface area contributed by atoms with Crippen molar-refractivity contribution in [3.63, 3.8) is 0 Å². The largest absolute Gasteiger partial charge is 0.479 e. The van der Waals surface area contributed by atoms with Gasteiger partial charge in [0.2, 0.25) is 0 Å². The number of aryl methyl sites for hydroxylation is 1. The van der Waals surface area contributed by atoms with Gasteiger partial charge in [0, 0.05) is 0 Å². The van der Waals surface area contributed by atoms with Crippen molar-refractivity contribution in [3.05, 3.63) is 35.4 Å². The molecule has 2 N–H and O–H groups in total. The Kier molecular flexibility index (Phi) is 2.45. The van der Waals surface area contributed by atoms with Crippen molar-refractivity contribution in [1.82, 2.24) is 0 Å². The number of aliphatic hydroxyl groups is 1. The summed E-state index contributed by atoms with van der Waals surface area (Å²) in [6.07, 6.45) is -1.41. The van der Waals surface area contributed by atoms with Crippen LogP contribution in [0.25, 0.3) is 0 Å². The third-order valence-electron chi connectivity index (χ3n) is 1.72. The molecule has 1 aromatic carbocycles. The van der Waals surface area contributed by atoms with Crippen molar-refractivity contribution in [2.75, 3.05) is 0 Å². The molecule has 64 valence electrons. The zero-order valence-corrected chi connectivity index (χ0v) is 6.69. The maximum atomic E-state index is 10.4. The molecule has 0 bridgehead atoms. The number of carboxylic acids is 1. The third-order valence-corrected chi connectivity index (χ3v) is 1.72. The van der Waals surface area contributed by atoms with Crippen LogP contribution in [0.5, 0.6) is 0 Å². The van der Waals surface area contributed by atoms with E-state index in [0.29, 0.717) is 5.56 Å². The fraction of sp³-hybridized carbons (Fsp3) is 0.222. The van der Waals surface area contributed by atoms with E-state index in [0.717, 1.165) is 5.56 Å². The van der Waals surface area contributed by atoms with E-state index >= 15 is 0 Å². The molecule has 0 aliphatic carbocycles. The van der Waals surface area contributed by atoms with Gasteiger partial charge in [-0.05, 0) is 18.1 Å². The average Bonchev–Trinajstić information content (AvgIpc) is 2.04. The first kappa shape index (κ1) is 8.74. The molecule has 1 aromatic rings. The van der Waals surface area contributed by atoms with Gasteiger partial charge < -0.3 is 10.2 Å². The molecule has 0 aliphatic heterocycles. The van der Waals surface area contributed by atoms with Crippen LogP contribution >= 0.6 is 0 Å². The zero-order valence-electron chi connectivity index (χ0n) is 6.69. The Bertz CT molecular complexity index is 294. The fourth-order valence-electron chi connectivity index (χ4n) is 1.03. The van der Waals surface area contributed by atoms with Crippen molar-refractivity contribution in [1.29, 1.82) is 0 Å². The van der Waals surface area contributed by atoms with Gasteiger partial charge in [0.25, 0.3) is 0 Å². The summed E-state index contributed by atoms with van der Waals surface area (Å²) in [6, 6.07) is 6.87. The number of aliphatic carboxylic acids is 1. The van der Waals surface area contributed by atoms with Crippen molar-refractivity contribution in [2.45, 2.75) is 13.0 Å². The summed E-state index contributed by atoms with van der Waals surface area (Å²) < 4.78 is 0. The predicted octanol–water partition coefficient (Wildman–Crippen LogP) is 1.11. The van der Waals surface area contributed by atoms with E-state index in [1.165, 1.54) is 0 Å². The van der Waals surface area contributed by atoms with Crippen LogP contribution in [0.2, 0.25) is 0 Å². The number of carbonyl (C=O) groups is 1. The van der Waals surface area contributed by atoms with E-state index in [4.69, 9.17) is 5.11 Å². The summed E-state index contributed by atoms with van der Waals surface area (Å²) in [5.41, 5.74) is 1.23. The van der Waals surface area contributed by atoms with Gasteiger partial charge in [-0.15, -0.1) is 0 Å². The summed E-state index contributed by atoms with van der Waals surface area (Å²) in [6.45, 7) is 1.77. The van der Waals surface area contributed by atoms with Crippen LogP contribution in [0, 0.1) is 6.92 Å². The molecule has 0 saturated heterocycles. The minimum Gasteiger partial charge on any atom is -0.479 e. The van der Waals surface area contributed by atoms with E-state index in [2.05, 4.69) is 0 Å². The molecule has 0 aromatic heterocycles. The summed E-state index contributed by atoms with van der Waals surface area (Å²) in [7, 11) is 0. The Morgan fingerprint density at radius 3 is 2.50 bits per heavy atom. The third kappa shape index (κ3) is 1.62. The van der Waals surface area contributed by atoms with Gasteiger partial charge in [-0.3, -0.25) is 0 Å². The highest BCUT2D eigenvalue weighted by Crippen LogP contribution is 2.16. The molecule has 12 heavy (non-hydrogen) atoms. The Labute approximate surface area is 70.3 Å². The number of aliphatic hydroxyl groups excluding tert-OH is 1. The first-order valence-electron chi connectivity index (χ1n) is 3.59. The van der Waals surface area contributed by atoms with Gasteiger partial charge in [0.15, 0.2) is 6.10 Å². The number of carboxylic acid groups (broad SMARTS) is 1. The molecule has 0 spiro atoms. The molecular weight excluding hydrogens is 156 g/mol. The molecule has 1 atom stereocenters. The lowest BCUT2D eigenvalue weighted by molar-refractivity contribution is -0.147. The maximum Gasteiger partial charge on any atom is 0.337 e. The second kappa shape index (κ2) is 3.36. The van der Waals surface area contributed by atoms with E-state index in [9.17, 15) is 9.90 Å². The molecule has 0 amide bonds. The second-order valence-electron chi connectivity index (χ2n) is 2.60. The molecule has 0 radical (unpaired) electrons. The van der Waals surface area contributed by atoms with Crippen LogP contribution in [0.3, 0.4) is 0 Å². The van der Waals surface area contributed by atoms with Gasteiger partial charge in [-0.1, -0.05) is 24.3 Å². The van der Waals surface area contributed by atoms with Gasteiger partial charge in [-0.2, -0.15) is 0 Å². The van der Waals surface area contributed by atoms with Crippen LogP contribution < -0.4 is 0 Å². The Hall–Kier alpha value is -1.35. The smallest absolute Gasteiger partial charge is 0.337 e. The molecule has 0 aliphatic rings. The van der Waals surface area contributed by atoms with Gasteiger partial charge in [0.05, 0.1) is 0 Å². The Morgan fingerprint density at radius 2 is 2.00 bits per heavy atom. The summed E-state index contributed by atoms with van der Waals surface area (Å²) >= 11 is 0. The van der Waals surface area contributed by atoms with Crippen molar-refractivity contribution in [2.24, 2.45) is 0 Å². The second-order valence-corrected chi connectivity index (χ2v) is 2.60. The lowest BCUT2D eigenvalue weighted by Gasteiger charge is -2.07. The molecule has 0 heterocycles. The summed E-state index contributed by atoms with van der Waals surface area (Å²) in [5.74, 6) is -1.22. The number of benzene rings is 1. The van der Waals surface area contributed by atoms with Crippen molar-refractivity contribution < 1.29 is 15.0 Å². The van der Waals surface area contributed by atoms with Crippen LogP contribution in [0.1, 0.15) is 17.2 Å². The number of hydrogen-bond donors (Lipinski definition) is 2.